The number of aryl methyl sites for hydroxylation is 1. The van der Waals surface area contributed by atoms with Crippen LogP contribution in [-0.2, 0) is 9.59 Å². The lowest BCUT2D eigenvalue weighted by Crippen LogP contribution is -2.23. The fourth-order valence-corrected chi connectivity index (χ4v) is 2.00. The summed E-state index contributed by atoms with van der Waals surface area (Å²) in [5.74, 6) is -2.08. The van der Waals surface area contributed by atoms with Gasteiger partial charge in [0.2, 0.25) is 0 Å². The van der Waals surface area contributed by atoms with Crippen LogP contribution in [0.4, 0.5) is 0 Å². The Labute approximate surface area is 150 Å². The molecule has 3 N–H and O–H groups in total. The molecule has 1 aromatic rings. The molecule has 0 saturated carbocycles. The first-order valence-electron chi connectivity index (χ1n) is 8.57. The smallest absolute Gasteiger partial charge is 0.414 e. The second kappa shape index (κ2) is 12.3. The van der Waals surface area contributed by atoms with E-state index >= 15 is 0 Å². The van der Waals surface area contributed by atoms with E-state index in [1.54, 1.807) is 0 Å². The van der Waals surface area contributed by atoms with Gasteiger partial charge < -0.3 is 20.3 Å². The highest BCUT2D eigenvalue weighted by atomic mass is 16.5. The van der Waals surface area contributed by atoms with Crippen LogP contribution in [0, 0.1) is 6.92 Å². The quantitative estimate of drug-likeness (QED) is 0.489. The summed E-state index contributed by atoms with van der Waals surface area (Å²) in [7, 11) is 0. The van der Waals surface area contributed by atoms with Gasteiger partial charge in [-0.15, -0.1) is 0 Å². The van der Waals surface area contributed by atoms with E-state index in [4.69, 9.17) is 24.5 Å². The summed E-state index contributed by atoms with van der Waals surface area (Å²) >= 11 is 0. The van der Waals surface area contributed by atoms with Crippen LogP contribution in [0.5, 0.6) is 5.75 Å². The summed E-state index contributed by atoms with van der Waals surface area (Å²) in [6.45, 7) is 12.8. The molecule has 0 radical (unpaired) electrons. The van der Waals surface area contributed by atoms with Crippen LogP contribution in [0.3, 0.4) is 0 Å². The molecule has 0 amide bonds. The van der Waals surface area contributed by atoms with Gasteiger partial charge in [-0.05, 0) is 55.5 Å². The molecule has 0 spiro atoms. The molecule has 0 aliphatic carbocycles. The van der Waals surface area contributed by atoms with E-state index in [9.17, 15) is 0 Å². The zero-order chi connectivity index (χ0) is 19.4. The van der Waals surface area contributed by atoms with E-state index in [1.807, 2.05) is 0 Å². The highest BCUT2D eigenvalue weighted by Gasteiger charge is 2.04. The van der Waals surface area contributed by atoms with Crippen molar-refractivity contribution in [2.45, 2.75) is 59.4 Å². The van der Waals surface area contributed by atoms with Crippen molar-refractivity contribution in [3.63, 3.8) is 0 Å². The van der Waals surface area contributed by atoms with Crippen molar-refractivity contribution < 1.29 is 24.5 Å². The van der Waals surface area contributed by atoms with Crippen molar-refractivity contribution in [1.82, 2.24) is 5.32 Å². The van der Waals surface area contributed by atoms with Crippen molar-refractivity contribution in [3.05, 3.63) is 29.3 Å². The van der Waals surface area contributed by atoms with Crippen molar-refractivity contribution in [3.8, 4) is 5.75 Å². The lowest BCUT2D eigenvalue weighted by Gasteiger charge is -2.12. The minimum absolute atomic E-state index is 0.553. The highest BCUT2D eigenvalue weighted by Crippen LogP contribution is 2.22. The molecule has 25 heavy (non-hydrogen) atoms. The van der Waals surface area contributed by atoms with Gasteiger partial charge in [-0.1, -0.05) is 33.8 Å². The largest absolute Gasteiger partial charge is 0.494 e. The maximum absolute atomic E-state index is 9.10. The van der Waals surface area contributed by atoms with Gasteiger partial charge in [0.15, 0.2) is 0 Å². The van der Waals surface area contributed by atoms with Gasteiger partial charge in [-0.2, -0.15) is 0 Å². The standard InChI is InChI=1S/C17H29NO.C2H2O4/c1-13(2)16-10-15(5)11-17(12-16)19-9-7-6-8-18-14(3)4;3-1(4)2(5)6/h10-14,18H,6-9H2,1-5H3;(H,3,4)(H,5,6). The molecule has 0 unspecified atom stereocenters. The zero-order valence-electron chi connectivity index (χ0n) is 15.8. The number of benzene rings is 1. The molecule has 0 saturated heterocycles. The number of aliphatic carboxylic acids is 2. The van der Waals surface area contributed by atoms with Gasteiger partial charge in [0.1, 0.15) is 5.75 Å². The van der Waals surface area contributed by atoms with Crippen LogP contribution < -0.4 is 10.1 Å². The number of rotatable bonds is 8. The molecule has 0 aliphatic rings. The molecule has 0 atom stereocenters. The second-order valence-electron chi connectivity index (χ2n) is 6.51. The Hall–Kier alpha value is -2.08. The Morgan fingerprint density at radius 3 is 2.12 bits per heavy atom. The van der Waals surface area contributed by atoms with Crippen LogP contribution >= 0.6 is 0 Å². The SMILES string of the molecule is Cc1cc(OCCCCNC(C)C)cc(C(C)C)c1.O=C(O)C(=O)O. The Balaban J connectivity index is 0.000000823. The van der Waals surface area contributed by atoms with Crippen molar-refractivity contribution in [2.75, 3.05) is 13.2 Å². The average molecular weight is 353 g/mol. The first-order chi connectivity index (χ1) is 11.6. The molecular weight excluding hydrogens is 322 g/mol. The Bertz CT molecular complexity index is 529. The molecule has 6 heteroatoms. The number of unbranched alkanes of at least 4 members (excludes halogenated alkanes) is 1. The van der Waals surface area contributed by atoms with Crippen LogP contribution in [0.1, 0.15) is 57.6 Å². The summed E-state index contributed by atoms with van der Waals surface area (Å²) in [6, 6.07) is 7.11. The van der Waals surface area contributed by atoms with Gasteiger partial charge in [0.25, 0.3) is 0 Å². The third-order valence-electron chi connectivity index (χ3n) is 3.32. The van der Waals surface area contributed by atoms with E-state index in [-0.39, 0.29) is 0 Å². The summed E-state index contributed by atoms with van der Waals surface area (Å²) in [4.78, 5) is 18.2. The van der Waals surface area contributed by atoms with Crippen LogP contribution in [0.2, 0.25) is 0 Å². The predicted molar refractivity (Wildman–Crippen MR) is 98.4 cm³/mol. The number of carbonyl (C=O) groups is 2. The molecule has 0 bridgehead atoms. The molecule has 0 fully saturated rings. The Kier molecular flexibility index (Phi) is 11.3. The van der Waals surface area contributed by atoms with E-state index in [2.05, 4.69) is 58.1 Å². The maximum Gasteiger partial charge on any atom is 0.414 e. The first kappa shape index (κ1) is 22.9. The number of carboxylic acids is 2. The van der Waals surface area contributed by atoms with E-state index in [0.717, 1.165) is 25.3 Å². The Morgan fingerprint density at radius 2 is 1.64 bits per heavy atom. The monoisotopic (exact) mass is 353 g/mol. The third-order valence-corrected chi connectivity index (χ3v) is 3.32. The lowest BCUT2D eigenvalue weighted by atomic mass is 10.0. The molecule has 1 rings (SSSR count). The van der Waals surface area contributed by atoms with Gasteiger partial charge in [0, 0.05) is 6.04 Å². The molecule has 0 aromatic heterocycles. The molecule has 142 valence electrons. The summed E-state index contributed by atoms with van der Waals surface area (Å²) in [6.07, 6.45) is 2.27. The van der Waals surface area contributed by atoms with Gasteiger partial charge in [-0.3, -0.25) is 0 Å². The van der Waals surface area contributed by atoms with Crippen molar-refractivity contribution >= 4 is 11.9 Å². The van der Waals surface area contributed by atoms with E-state index < -0.39 is 11.9 Å². The Morgan fingerprint density at radius 1 is 1.04 bits per heavy atom. The van der Waals surface area contributed by atoms with Gasteiger partial charge >= 0.3 is 11.9 Å². The minimum Gasteiger partial charge on any atom is -0.494 e. The highest BCUT2D eigenvalue weighted by molar-refractivity contribution is 6.27. The molecule has 0 aliphatic heterocycles. The number of ether oxygens (including phenoxy) is 1. The van der Waals surface area contributed by atoms with Crippen molar-refractivity contribution in [2.24, 2.45) is 0 Å². The zero-order valence-corrected chi connectivity index (χ0v) is 15.8. The van der Waals surface area contributed by atoms with Crippen LogP contribution in [-0.4, -0.2) is 41.3 Å². The van der Waals surface area contributed by atoms with Crippen molar-refractivity contribution in [1.29, 1.82) is 0 Å². The van der Waals surface area contributed by atoms with Gasteiger partial charge in [-0.25, -0.2) is 9.59 Å². The van der Waals surface area contributed by atoms with Crippen LogP contribution in [0.25, 0.3) is 0 Å². The summed E-state index contributed by atoms with van der Waals surface area (Å²) in [5.41, 5.74) is 2.64. The van der Waals surface area contributed by atoms with E-state index in [1.165, 1.54) is 17.5 Å². The predicted octanol–water partition coefficient (Wildman–Crippen LogP) is 3.43. The van der Waals surface area contributed by atoms with E-state index in [0.29, 0.717) is 12.0 Å². The van der Waals surface area contributed by atoms with Gasteiger partial charge in [0.05, 0.1) is 6.61 Å². The molecule has 0 heterocycles. The number of carboxylic acid groups (broad SMARTS) is 2. The third kappa shape index (κ3) is 12.0. The molecular formula is C19H31NO5. The summed E-state index contributed by atoms with van der Waals surface area (Å²) in [5, 5.41) is 18.2. The topological polar surface area (TPSA) is 95.9 Å². The summed E-state index contributed by atoms with van der Waals surface area (Å²) < 4.78 is 5.86. The lowest BCUT2D eigenvalue weighted by molar-refractivity contribution is -0.159. The number of hydrogen-bond donors (Lipinski definition) is 3. The number of nitrogens with one attached hydrogen (secondary N) is 1. The molecule has 1 aromatic carbocycles. The van der Waals surface area contributed by atoms with Crippen LogP contribution in [0.15, 0.2) is 18.2 Å². The fourth-order valence-electron chi connectivity index (χ4n) is 2.00. The minimum atomic E-state index is -1.82. The number of hydrogen-bond acceptors (Lipinski definition) is 4. The fraction of sp³-hybridized carbons (Fsp3) is 0.579. The molecule has 6 nitrogen and oxygen atoms in total. The maximum atomic E-state index is 9.10. The second-order valence-corrected chi connectivity index (χ2v) is 6.51. The normalized spacial score (nSPS) is 10.4. The average Bonchev–Trinajstić information content (AvgIpc) is 2.50. The first-order valence-corrected chi connectivity index (χ1v) is 8.57.